The zero-order chi connectivity index (χ0) is 8.55. The smallest absolute Gasteiger partial charge is 0.253 e. The Balaban J connectivity index is 2.31. The van der Waals surface area contributed by atoms with Crippen molar-refractivity contribution in [3.63, 3.8) is 0 Å². The molecule has 60 valence electrons. The Morgan fingerprint density at radius 1 is 1.58 bits per heavy atom. The predicted octanol–water partition coefficient (Wildman–Crippen LogP) is -0.370. The third kappa shape index (κ3) is 1.80. The molecule has 0 aromatic carbocycles. The summed E-state index contributed by atoms with van der Waals surface area (Å²) in [7, 11) is 0. The molecular formula is C6H8Al2N2S2. The minimum Gasteiger partial charge on any atom is -0.253 e. The van der Waals surface area contributed by atoms with E-state index in [1.807, 2.05) is 11.8 Å². The van der Waals surface area contributed by atoms with Crippen LogP contribution in [0.5, 0.6) is 0 Å². The zero-order valence-electron chi connectivity index (χ0n) is 7.07. The highest BCUT2D eigenvalue weighted by Crippen LogP contribution is 2.37. The quantitative estimate of drug-likeness (QED) is 0.610. The maximum Gasteiger partial charge on any atom is 0.307 e. The van der Waals surface area contributed by atoms with Gasteiger partial charge in [0.25, 0.3) is 0 Å². The average molecular weight is 226 g/mol. The highest BCUT2D eigenvalue weighted by atomic mass is 32.2. The van der Waals surface area contributed by atoms with Crippen LogP contribution in [0.4, 0.5) is 5.00 Å². The van der Waals surface area contributed by atoms with Crippen LogP contribution in [0.3, 0.4) is 0 Å². The van der Waals surface area contributed by atoms with E-state index in [-0.39, 0.29) is 0 Å². The maximum atomic E-state index is 4.49. The van der Waals surface area contributed by atoms with Crippen molar-refractivity contribution in [1.82, 2.24) is 4.98 Å². The Morgan fingerprint density at radius 3 is 3.17 bits per heavy atom. The van der Waals surface area contributed by atoms with Gasteiger partial charge >= 0.3 is 16.3 Å². The number of fused-ring (bicyclic) bond motifs is 1. The van der Waals surface area contributed by atoms with Crippen molar-refractivity contribution in [2.75, 3.05) is 0 Å². The van der Waals surface area contributed by atoms with Gasteiger partial charge < -0.3 is 0 Å². The molecule has 2 rings (SSSR count). The van der Waals surface area contributed by atoms with Crippen molar-refractivity contribution >= 4 is 70.8 Å². The molecular weight excluding hydrogens is 218 g/mol. The summed E-state index contributed by atoms with van der Waals surface area (Å²) in [4.78, 5) is 8.92. The fraction of sp³-hybridized carbons (Fsp3) is 0.333. The summed E-state index contributed by atoms with van der Waals surface area (Å²) in [6.07, 6.45) is 2.08. The van der Waals surface area contributed by atoms with E-state index < -0.39 is 0 Å². The number of rotatable bonds is 1. The van der Waals surface area contributed by atoms with Crippen LogP contribution in [0.25, 0.3) is 0 Å². The molecule has 0 saturated heterocycles. The van der Waals surface area contributed by atoms with Gasteiger partial charge in [0.1, 0.15) is 10.0 Å². The normalized spacial score (nSPS) is 20.8. The van der Waals surface area contributed by atoms with Gasteiger partial charge in [-0.25, -0.2) is 4.99 Å². The van der Waals surface area contributed by atoms with Crippen molar-refractivity contribution in [3.8, 4) is 0 Å². The van der Waals surface area contributed by atoms with Crippen LogP contribution in [0.2, 0.25) is 5.28 Å². The lowest BCUT2D eigenvalue weighted by atomic mass is 10.5. The Kier molecular flexibility index (Phi) is 2.97. The van der Waals surface area contributed by atoms with E-state index in [9.17, 15) is 0 Å². The van der Waals surface area contributed by atoms with Crippen molar-refractivity contribution in [1.29, 1.82) is 0 Å². The fourth-order valence-corrected chi connectivity index (χ4v) is 4.65. The Bertz CT molecular complexity index is 323. The summed E-state index contributed by atoms with van der Waals surface area (Å²) in [6.45, 7) is 0. The molecule has 0 N–H and O–H groups in total. The van der Waals surface area contributed by atoms with E-state index in [4.69, 9.17) is 0 Å². The zero-order valence-corrected chi connectivity index (χ0v) is 12.7. The highest BCUT2D eigenvalue weighted by Gasteiger charge is 2.17. The van der Waals surface area contributed by atoms with E-state index in [2.05, 4.69) is 16.2 Å². The minimum absolute atomic E-state index is 0.604. The van der Waals surface area contributed by atoms with Gasteiger partial charge in [0.05, 0.1) is 0 Å². The first-order chi connectivity index (χ1) is 5.79. The number of aliphatic imine (C=N–C) groups is 1. The fourth-order valence-electron chi connectivity index (χ4n) is 1.07. The largest absolute Gasteiger partial charge is 0.307 e. The van der Waals surface area contributed by atoms with Crippen molar-refractivity contribution in [2.45, 2.75) is 15.6 Å². The monoisotopic (exact) mass is 226 g/mol. The molecule has 12 heavy (non-hydrogen) atoms. The molecule has 0 radical (unpaired) electrons. The first kappa shape index (κ1) is 9.28. The van der Waals surface area contributed by atoms with Crippen LogP contribution < -0.4 is 3.87 Å². The van der Waals surface area contributed by atoms with Crippen LogP contribution >= 0.6 is 23.1 Å². The van der Waals surface area contributed by atoms with Crippen molar-refractivity contribution < 1.29 is 0 Å². The Hall–Kier alpha value is 0.715. The van der Waals surface area contributed by atoms with Gasteiger partial charge in [-0.05, 0) is 0 Å². The molecule has 1 aromatic rings. The molecule has 0 unspecified atom stereocenters. The summed E-state index contributed by atoms with van der Waals surface area (Å²) in [5.74, 6) is 0. The topological polar surface area (TPSA) is 25.2 Å². The lowest BCUT2D eigenvalue weighted by molar-refractivity contribution is 1.17. The number of hydrogen-bond acceptors (Lipinski definition) is 4. The lowest BCUT2D eigenvalue weighted by Gasteiger charge is -2.11. The molecule has 1 aliphatic heterocycles. The number of thiazole rings is 1. The first-order valence-electron chi connectivity index (χ1n) is 3.98. The molecule has 0 spiro atoms. The van der Waals surface area contributed by atoms with E-state index in [0.717, 1.165) is 21.3 Å². The Labute approximate surface area is 95.7 Å². The molecule has 0 bridgehead atoms. The molecule has 1 aromatic heterocycles. The SMILES string of the molecule is [AlH2][CH2][C@@H]1C=Nc2s[c]([AlH2])nc2S1. The summed E-state index contributed by atoms with van der Waals surface area (Å²) in [5, 5.41) is 4.19. The predicted molar refractivity (Wildman–Crippen MR) is 61.4 cm³/mol. The third-order valence-corrected chi connectivity index (χ3v) is 6.29. The van der Waals surface area contributed by atoms with Gasteiger partial charge in [-0.1, -0.05) is 17.0 Å². The van der Waals surface area contributed by atoms with Crippen LogP contribution in [0.15, 0.2) is 10.0 Å². The molecule has 0 saturated carbocycles. The Morgan fingerprint density at radius 2 is 2.42 bits per heavy atom. The van der Waals surface area contributed by atoms with Crippen LogP contribution in [-0.4, -0.2) is 49.0 Å². The molecule has 6 heteroatoms. The summed E-state index contributed by atoms with van der Waals surface area (Å²) in [6, 6.07) is 0. The van der Waals surface area contributed by atoms with Crippen molar-refractivity contribution in [2.24, 2.45) is 4.99 Å². The lowest BCUT2D eigenvalue weighted by Crippen LogP contribution is -2.06. The second-order valence-electron chi connectivity index (χ2n) is 2.69. The minimum atomic E-state index is 0.604. The number of thioether (sulfide) groups is 1. The third-order valence-electron chi connectivity index (χ3n) is 1.71. The molecule has 2 nitrogen and oxygen atoms in total. The molecule has 0 aliphatic carbocycles. The van der Waals surface area contributed by atoms with Gasteiger partial charge in [-0.2, -0.15) is 0 Å². The van der Waals surface area contributed by atoms with Crippen LogP contribution in [0, 0.1) is 0 Å². The number of hydrogen-bond donors (Lipinski definition) is 0. The van der Waals surface area contributed by atoms with E-state index in [1.165, 1.54) is 30.5 Å². The van der Waals surface area contributed by atoms with Crippen molar-refractivity contribution in [3.05, 3.63) is 0 Å². The molecule has 1 aliphatic rings. The van der Waals surface area contributed by atoms with Gasteiger partial charge in [-0.3, -0.25) is 4.98 Å². The highest BCUT2D eigenvalue weighted by molar-refractivity contribution is 8.01. The molecule has 0 fully saturated rings. The van der Waals surface area contributed by atoms with Gasteiger partial charge in [0.2, 0.25) is 16.3 Å². The second-order valence-corrected chi connectivity index (χ2v) is 7.58. The summed E-state index contributed by atoms with van der Waals surface area (Å²) >= 11 is 5.94. The number of nitrogens with zero attached hydrogens (tertiary/aromatic N) is 2. The van der Waals surface area contributed by atoms with E-state index in [0.29, 0.717) is 5.25 Å². The standard InChI is InChI=1S/C6H4N2S2.2Al.4H/c1-4-2-7-5-6(10-4)8-3-9-5;;;;;;/h2,4H,1H2;;;;;;/t4-;;;;;;/m1....../s1. The average Bonchev–Trinajstić information content (AvgIpc) is 2.43. The number of aromatic nitrogens is 1. The molecule has 2 heterocycles. The van der Waals surface area contributed by atoms with E-state index in [1.54, 1.807) is 11.3 Å². The second kappa shape index (κ2) is 3.84. The van der Waals surface area contributed by atoms with Crippen LogP contribution in [-0.2, 0) is 0 Å². The van der Waals surface area contributed by atoms with Gasteiger partial charge in [0, 0.05) is 15.3 Å². The summed E-state index contributed by atoms with van der Waals surface area (Å²) < 4.78 is 1.26. The first-order valence-corrected chi connectivity index (χ1v) is 8.09. The maximum absolute atomic E-state index is 4.49. The van der Waals surface area contributed by atoms with Gasteiger partial charge in [-0.15, -0.1) is 11.3 Å². The molecule has 1 atom stereocenters. The molecule has 0 amide bonds. The van der Waals surface area contributed by atoms with Crippen LogP contribution in [0.1, 0.15) is 0 Å². The summed E-state index contributed by atoms with van der Waals surface area (Å²) in [5.41, 5.74) is 0. The van der Waals surface area contributed by atoms with Gasteiger partial charge in [0.15, 0.2) is 0 Å². The van der Waals surface area contributed by atoms with E-state index >= 15 is 0 Å².